The van der Waals surface area contributed by atoms with E-state index < -0.39 is 17.9 Å². The summed E-state index contributed by atoms with van der Waals surface area (Å²) in [4.78, 5) is 28.2. The number of para-hydroxylation sites is 1. The van der Waals surface area contributed by atoms with E-state index in [0.29, 0.717) is 16.5 Å². The molecule has 6 heteroatoms. The molecule has 0 saturated carbocycles. The molecule has 0 bridgehead atoms. The smallest absolute Gasteiger partial charge is 0.252 e. The van der Waals surface area contributed by atoms with Gasteiger partial charge in [-0.1, -0.05) is 25.1 Å². The van der Waals surface area contributed by atoms with Crippen LogP contribution in [0.5, 0.6) is 0 Å². The van der Waals surface area contributed by atoms with Crippen molar-refractivity contribution in [2.45, 2.75) is 19.4 Å². The molecule has 0 aliphatic rings. The number of hydrogen-bond donors (Lipinski definition) is 2. The van der Waals surface area contributed by atoms with Crippen molar-refractivity contribution in [1.29, 1.82) is 5.26 Å². The maximum atomic E-state index is 12.5. The van der Waals surface area contributed by atoms with Crippen molar-refractivity contribution in [2.75, 3.05) is 0 Å². The Kier molecular flexibility index (Phi) is 4.69. The Bertz CT molecular complexity index is 746. The van der Waals surface area contributed by atoms with E-state index in [1.165, 1.54) is 6.20 Å². The van der Waals surface area contributed by atoms with Gasteiger partial charge in [-0.3, -0.25) is 14.6 Å². The van der Waals surface area contributed by atoms with Gasteiger partial charge in [0.1, 0.15) is 6.04 Å². The van der Waals surface area contributed by atoms with Crippen LogP contribution in [0.1, 0.15) is 23.7 Å². The fraction of sp³-hybridized carbons (Fsp3) is 0.250. The zero-order chi connectivity index (χ0) is 16.1. The van der Waals surface area contributed by atoms with Gasteiger partial charge in [0.05, 0.1) is 17.1 Å². The predicted molar refractivity (Wildman–Crippen MR) is 81.6 cm³/mol. The molecule has 6 nitrogen and oxygen atoms in total. The summed E-state index contributed by atoms with van der Waals surface area (Å²) in [6, 6.07) is 9.90. The second-order valence-electron chi connectivity index (χ2n) is 5.07. The summed E-state index contributed by atoms with van der Waals surface area (Å²) in [5.41, 5.74) is 6.44. The van der Waals surface area contributed by atoms with Gasteiger partial charge in [-0.2, -0.15) is 5.26 Å². The number of pyridine rings is 1. The van der Waals surface area contributed by atoms with Crippen molar-refractivity contribution >= 4 is 22.7 Å². The maximum absolute atomic E-state index is 12.5. The highest BCUT2D eigenvalue weighted by Gasteiger charge is 2.25. The second-order valence-corrected chi connectivity index (χ2v) is 5.07. The summed E-state index contributed by atoms with van der Waals surface area (Å²) >= 11 is 0. The Morgan fingerprint density at radius 1 is 1.36 bits per heavy atom. The van der Waals surface area contributed by atoms with E-state index in [4.69, 9.17) is 11.0 Å². The molecule has 1 aromatic heterocycles. The van der Waals surface area contributed by atoms with Crippen LogP contribution in [0, 0.1) is 17.2 Å². The van der Waals surface area contributed by atoms with Crippen LogP contribution in [-0.4, -0.2) is 22.8 Å². The third-order valence-electron chi connectivity index (χ3n) is 3.47. The van der Waals surface area contributed by atoms with Crippen LogP contribution in [0.2, 0.25) is 0 Å². The zero-order valence-electron chi connectivity index (χ0n) is 12.1. The summed E-state index contributed by atoms with van der Waals surface area (Å²) in [7, 11) is 0. The molecule has 1 heterocycles. The highest BCUT2D eigenvalue weighted by Crippen LogP contribution is 2.17. The predicted octanol–water partition coefficient (Wildman–Crippen LogP) is 1.37. The van der Waals surface area contributed by atoms with E-state index >= 15 is 0 Å². The summed E-state index contributed by atoms with van der Waals surface area (Å²) in [6.45, 7) is 1.70. The Balaban J connectivity index is 2.30. The molecule has 0 aliphatic carbocycles. The molecule has 0 aliphatic heterocycles. The third kappa shape index (κ3) is 3.20. The molecule has 112 valence electrons. The first kappa shape index (κ1) is 15.4. The van der Waals surface area contributed by atoms with Gasteiger partial charge in [0.25, 0.3) is 5.91 Å². The number of nitriles is 1. The molecule has 2 amide bonds. The lowest BCUT2D eigenvalue weighted by molar-refractivity contribution is -0.120. The molecule has 0 fully saturated rings. The van der Waals surface area contributed by atoms with Crippen molar-refractivity contribution in [1.82, 2.24) is 10.3 Å². The van der Waals surface area contributed by atoms with Crippen LogP contribution in [0.15, 0.2) is 36.5 Å². The van der Waals surface area contributed by atoms with E-state index in [1.54, 1.807) is 25.1 Å². The van der Waals surface area contributed by atoms with Gasteiger partial charge < -0.3 is 11.1 Å². The number of nitrogens with one attached hydrogen (secondary N) is 1. The van der Waals surface area contributed by atoms with E-state index in [-0.39, 0.29) is 12.3 Å². The Morgan fingerprint density at radius 2 is 2.09 bits per heavy atom. The number of aromatic nitrogens is 1. The largest absolute Gasteiger partial charge is 0.368 e. The number of hydrogen-bond acceptors (Lipinski definition) is 4. The minimum Gasteiger partial charge on any atom is -0.368 e. The van der Waals surface area contributed by atoms with Gasteiger partial charge in [-0.15, -0.1) is 0 Å². The second kappa shape index (κ2) is 6.68. The van der Waals surface area contributed by atoms with E-state index in [9.17, 15) is 9.59 Å². The third-order valence-corrected chi connectivity index (χ3v) is 3.47. The first-order valence-corrected chi connectivity index (χ1v) is 6.85. The summed E-state index contributed by atoms with van der Waals surface area (Å²) < 4.78 is 0. The zero-order valence-corrected chi connectivity index (χ0v) is 12.1. The molecule has 1 aromatic carbocycles. The van der Waals surface area contributed by atoms with Gasteiger partial charge in [-0.05, 0) is 18.1 Å². The molecule has 2 atom stereocenters. The molecule has 0 radical (unpaired) electrons. The lowest BCUT2D eigenvalue weighted by Crippen LogP contribution is -2.48. The topological polar surface area (TPSA) is 109 Å². The summed E-state index contributed by atoms with van der Waals surface area (Å²) in [5, 5.41) is 12.0. The summed E-state index contributed by atoms with van der Waals surface area (Å²) in [6.07, 6.45) is 1.67. The van der Waals surface area contributed by atoms with Gasteiger partial charge in [0.15, 0.2) is 0 Å². The highest BCUT2D eigenvalue weighted by atomic mass is 16.2. The minimum absolute atomic E-state index is 0.130. The van der Waals surface area contributed by atoms with Crippen molar-refractivity contribution in [3.63, 3.8) is 0 Å². The van der Waals surface area contributed by atoms with E-state index in [0.717, 1.165) is 0 Å². The normalized spacial score (nSPS) is 13.1. The monoisotopic (exact) mass is 296 g/mol. The molecular formula is C16H16N4O2. The SMILES string of the molecule is C[C@@H](CC#N)[C@@H](NC(=O)c1ccnc2ccccc12)C(N)=O. The highest BCUT2D eigenvalue weighted by molar-refractivity contribution is 6.07. The Hall–Kier alpha value is -2.94. The fourth-order valence-corrected chi connectivity index (χ4v) is 2.27. The van der Waals surface area contributed by atoms with Gasteiger partial charge >= 0.3 is 0 Å². The number of fused-ring (bicyclic) bond motifs is 1. The standard InChI is InChI=1S/C16H16N4O2/c1-10(6-8-17)14(15(18)21)20-16(22)12-7-9-19-13-5-3-2-4-11(12)13/h2-5,7,9-10,14H,6H2,1H3,(H2,18,21)(H,20,22)/t10-,14+/m0/s1. The number of primary amides is 1. The van der Waals surface area contributed by atoms with Crippen molar-refractivity contribution < 1.29 is 9.59 Å². The lowest BCUT2D eigenvalue weighted by Gasteiger charge is -2.20. The number of amides is 2. The quantitative estimate of drug-likeness (QED) is 0.868. The average Bonchev–Trinajstić information content (AvgIpc) is 2.51. The number of nitrogens with zero attached hydrogens (tertiary/aromatic N) is 2. The van der Waals surface area contributed by atoms with Gasteiger partial charge in [-0.25, -0.2) is 0 Å². The maximum Gasteiger partial charge on any atom is 0.252 e. The first-order valence-electron chi connectivity index (χ1n) is 6.85. The summed E-state index contributed by atoms with van der Waals surface area (Å²) in [5.74, 6) is -1.43. The van der Waals surface area contributed by atoms with Crippen LogP contribution in [0.3, 0.4) is 0 Å². The van der Waals surface area contributed by atoms with Crippen LogP contribution in [0.25, 0.3) is 10.9 Å². The molecule has 0 spiro atoms. The van der Waals surface area contributed by atoms with E-state index in [1.807, 2.05) is 18.2 Å². The Labute approximate surface area is 127 Å². The number of benzene rings is 1. The first-order chi connectivity index (χ1) is 10.5. The molecule has 0 saturated heterocycles. The molecule has 2 aromatic rings. The van der Waals surface area contributed by atoms with Crippen molar-refractivity contribution in [3.8, 4) is 6.07 Å². The van der Waals surface area contributed by atoms with E-state index in [2.05, 4.69) is 10.3 Å². The Morgan fingerprint density at radius 3 is 2.77 bits per heavy atom. The van der Waals surface area contributed by atoms with Crippen LogP contribution < -0.4 is 11.1 Å². The number of rotatable bonds is 5. The van der Waals surface area contributed by atoms with Gasteiger partial charge in [0, 0.05) is 18.0 Å². The molecule has 2 rings (SSSR count). The lowest BCUT2D eigenvalue weighted by atomic mass is 9.97. The van der Waals surface area contributed by atoms with Crippen molar-refractivity contribution in [2.24, 2.45) is 11.7 Å². The molecule has 3 N–H and O–H groups in total. The average molecular weight is 296 g/mol. The fourth-order valence-electron chi connectivity index (χ4n) is 2.27. The van der Waals surface area contributed by atoms with Crippen LogP contribution in [-0.2, 0) is 4.79 Å². The van der Waals surface area contributed by atoms with Crippen LogP contribution in [0.4, 0.5) is 0 Å². The molecular weight excluding hydrogens is 280 g/mol. The molecule has 0 unspecified atom stereocenters. The number of carbonyl (C=O) groups excluding carboxylic acids is 2. The number of carbonyl (C=O) groups is 2. The van der Waals surface area contributed by atoms with Crippen molar-refractivity contribution in [3.05, 3.63) is 42.1 Å². The number of nitrogens with two attached hydrogens (primary N) is 1. The minimum atomic E-state index is -0.890. The molecule has 22 heavy (non-hydrogen) atoms. The van der Waals surface area contributed by atoms with Gasteiger partial charge in [0.2, 0.25) is 5.91 Å². The van der Waals surface area contributed by atoms with Crippen LogP contribution >= 0.6 is 0 Å².